The van der Waals surface area contributed by atoms with Gasteiger partial charge in [0, 0.05) is 0 Å². The third-order valence-electron chi connectivity index (χ3n) is 3.97. The number of nitrogens with two attached hydrogens (primary N) is 1. The first-order valence-electron chi connectivity index (χ1n) is 7.42. The van der Waals surface area contributed by atoms with E-state index >= 15 is 0 Å². The second kappa shape index (κ2) is 6.19. The van der Waals surface area contributed by atoms with Gasteiger partial charge in [0.1, 0.15) is 11.1 Å². The first-order valence-corrected chi connectivity index (χ1v) is 10.5. The van der Waals surface area contributed by atoms with E-state index in [9.17, 15) is 30.0 Å². The molecule has 0 aromatic heterocycles. The van der Waals surface area contributed by atoms with E-state index < -0.39 is 47.7 Å². The van der Waals surface area contributed by atoms with Crippen LogP contribution in [0.5, 0.6) is 0 Å². The van der Waals surface area contributed by atoms with Crippen molar-refractivity contribution < 1.29 is 30.0 Å². The summed E-state index contributed by atoms with van der Waals surface area (Å²) in [6.45, 7) is 1.82. The van der Waals surface area contributed by atoms with Gasteiger partial charge in [-0.25, -0.2) is 22.0 Å². The van der Waals surface area contributed by atoms with Gasteiger partial charge in [0.25, 0.3) is 0 Å². The van der Waals surface area contributed by atoms with E-state index in [2.05, 4.69) is 10.0 Å². The van der Waals surface area contributed by atoms with E-state index in [-0.39, 0.29) is 5.69 Å². The Balaban J connectivity index is 2.20. The molecule has 1 aliphatic heterocycles. The number of anilines is 1. The Morgan fingerprint density at radius 3 is 2.22 bits per heavy atom. The smallest absolute Gasteiger partial charge is 0.364 e. The Bertz CT molecular complexity index is 1110. The van der Waals surface area contributed by atoms with Gasteiger partial charge in [-0.3, -0.25) is 0 Å². The summed E-state index contributed by atoms with van der Waals surface area (Å²) in [5, 5.41) is 7.50. The highest BCUT2D eigenvalue weighted by atomic mass is 32.2. The van der Waals surface area contributed by atoms with E-state index in [1.165, 1.54) is 0 Å². The minimum Gasteiger partial charge on any atom is -0.364 e. The van der Waals surface area contributed by atoms with Crippen molar-refractivity contribution in [3.05, 3.63) is 53.1 Å². The summed E-state index contributed by atoms with van der Waals surface area (Å²) in [7, 11) is -9.11. The first kappa shape index (κ1) is 19.6. The third kappa shape index (κ3) is 3.78. The van der Waals surface area contributed by atoms with E-state index in [0.29, 0.717) is 17.7 Å². The van der Waals surface area contributed by atoms with Crippen molar-refractivity contribution in [2.24, 2.45) is 5.14 Å². The van der Waals surface area contributed by atoms with Crippen molar-refractivity contribution in [3.63, 3.8) is 0 Å². The molecule has 2 aromatic carbocycles. The fraction of sp³-hybridized carbons (Fsp3) is 0.200. The SMILES string of the molecule is Cc1ccc([C@@H]2Nc3cc(C(F)(F)F)c(S(N)(=O)=O)cc3S(=O)(=O)N2)cc1. The molecule has 27 heavy (non-hydrogen) atoms. The molecule has 0 unspecified atom stereocenters. The maximum absolute atomic E-state index is 13.3. The molecule has 0 spiro atoms. The van der Waals surface area contributed by atoms with Crippen LogP contribution in [-0.2, 0) is 26.2 Å². The molecule has 2 aromatic rings. The van der Waals surface area contributed by atoms with Crippen LogP contribution in [0.25, 0.3) is 0 Å². The molecule has 0 amide bonds. The van der Waals surface area contributed by atoms with Gasteiger partial charge in [0.2, 0.25) is 20.0 Å². The molecule has 3 rings (SSSR count). The van der Waals surface area contributed by atoms with Crippen LogP contribution in [0.15, 0.2) is 46.2 Å². The fourth-order valence-corrected chi connectivity index (χ4v) is 4.82. The van der Waals surface area contributed by atoms with E-state index in [1.807, 2.05) is 6.92 Å². The molecule has 0 radical (unpaired) electrons. The molecular formula is C15H14F3N3O4S2. The highest BCUT2D eigenvalue weighted by Crippen LogP contribution is 2.40. The van der Waals surface area contributed by atoms with Crippen LogP contribution in [0.2, 0.25) is 0 Å². The van der Waals surface area contributed by atoms with Gasteiger partial charge >= 0.3 is 6.18 Å². The lowest BCUT2D eigenvalue weighted by Crippen LogP contribution is -2.38. The molecule has 4 N–H and O–H groups in total. The Hall–Kier alpha value is -2.15. The zero-order chi connectivity index (χ0) is 20.2. The van der Waals surface area contributed by atoms with Crippen LogP contribution < -0.4 is 15.2 Å². The predicted octanol–water partition coefficient (Wildman–Crippen LogP) is 2.06. The molecule has 0 fully saturated rings. The summed E-state index contributed by atoms with van der Waals surface area (Å²) in [4.78, 5) is -1.95. The molecule has 146 valence electrons. The van der Waals surface area contributed by atoms with Crippen LogP contribution in [0.3, 0.4) is 0 Å². The molecule has 0 saturated heterocycles. The monoisotopic (exact) mass is 421 g/mol. The lowest BCUT2D eigenvalue weighted by Gasteiger charge is -2.29. The number of alkyl halides is 3. The van der Waals surface area contributed by atoms with Crippen molar-refractivity contribution in [1.82, 2.24) is 4.72 Å². The molecule has 1 aliphatic rings. The van der Waals surface area contributed by atoms with Crippen LogP contribution in [0.4, 0.5) is 18.9 Å². The topological polar surface area (TPSA) is 118 Å². The van der Waals surface area contributed by atoms with Crippen molar-refractivity contribution in [2.75, 3.05) is 5.32 Å². The average Bonchev–Trinajstić information content (AvgIpc) is 2.52. The van der Waals surface area contributed by atoms with Crippen molar-refractivity contribution in [3.8, 4) is 0 Å². The first-order chi connectivity index (χ1) is 12.3. The average molecular weight is 421 g/mol. The second-order valence-electron chi connectivity index (χ2n) is 6.00. The number of benzene rings is 2. The molecule has 0 aliphatic carbocycles. The number of hydrogen-bond acceptors (Lipinski definition) is 5. The zero-order valence-electron chi connectivity index (χ0n) is 13.7. The van der Waals surface area contributed by atoms with Crippen molar-refractivity contribution >= 4 is 25.7 Å². The molecule has 7 nitrogen and oxygen atoms in total. The van der Waals surface area contributed by atoms with Crippen molar-refractivity contribution in [1.29, 1.82) is 0 Å². The molecule has 1 heterocycles. The number of nitrogens with one attached hydrogen (secondary N) is 2. The number of hydrogen-bond donors (Lipinski definition) is 3. The van der Waals surface area contributed by atoms with Gasteiger partial charge in [0.05, 0.1) is 16.1 Å². The quantitative estimate of drug-likeness (QED) is 0.686. The Morgan fingerprint density at radius 2 is 1.70 bits per heavy atom. The largest absolute Gasteiger partial charge is 0.417 e. The van der Waals surface area contributed by atoms with Crippen molar-refractivity contribution in [2.45, 2.75) is 29.1 Å². The lowest BCUT2D eigenvalue weighted by molar-refractivity contribution is -0.139. The number of aryl methyl sites for hydroxylation is 1. The molecule has 12 heteroatoms. The Kier molecular flexibility index (Phi) is 4.50. The van der Waals surface area contributed by atoms with Gasteiger partial charge in [-0.1, -0.05) is 29.8 Å². The lowest BCUT2D eigenvalue weighted by atomic mass is 10.1. The van der Waals surface area contributed by atoms with Gasteiger partial charge in [0.15, 0.2) is 0 Å². The summed E-state index contributed by atoms with van der Waals surface area (Å²) < 4.78 is 90.3. The standard InChI is InChI=1S/C15H14F3N3O4S2/c1-8-2-4-9(5-3-8)14-20-11-6-10(15(16,17)18)12(26(19,22)23)7-13(11)27(24,25)21-14/h2-7,14,20-21H,1H3,(H2,19,22,23)/t14-/m1/s1. The summed E-state index contributed by atoms with van der Waals surface area (Å²) >= 11 is 0. The molecule has 0 saturated carbocycles. The van der Waals surface area contributed by atoms with Crippen LogP contribution >= 0.6 is 0 Å². The summed E-state index contributed by atoms with van der Waals surface area (Å²) in [6.07, 6.45) is -6.07. The summed E-state index contributed by atoms with van der Waals surface area (Å²) in [6, 6.07) is 7.51. The van der Waals surface area contributed by atoms with E-state index in [4.69, 9.17) is 5.14 Å². The van der Waals surface area contributed by atoms with E-state index in [0.717, 1.165) is 5.56 Å². The van der Waals surface area contributed by atoms with Crippen LogP contribution in [0, 0.1) is 6.92 Å². The highest BCUT2D eigenvalue weighted by molar-refractivity contribution is 7.90. The maximum Gasteiger partial charge on any atom is 0.417 e. The zero-order valence-corrected chi connectivity index (χ0v) is 15.3. The van der Waals surface area contributed by atoms with Crippen LogP contribution in [0.1, 0.15) is 22.9 Å². The Morgan fingerprint density at radius 1 is 1.11 bits per heavy atom. The van der Waals surface area contributed by atoms with E-state index in [1.54, 1.807) is 24.3 Å². The third-order valence-corrected chi connectivity index (χ3v) is 6.38. The van der Waals surface area contributed by atoms with Gasteiger partial charge in [-0.05, 0) is 24.6 Å². The number of primary sulfonamides is 1. The summed E-state index contributed by atoms with van der Waals surface area (Å²) in [5.41, 5.74) is -0.538. The number of rotatable bonds is 2. The molecule has 0 bridgehead atoms. The van der Waals surface area contributed by atoms with Gasteiger partial charge < -0.3 is 5.32 Å². The minimum atomic E-state index is -5.05. The highest BCUT2D eigenvalue weighted by Gasteiger charge is 2.40. The second-order valence-corrected chi connectivity index (χ2v) is 9.21. The maximum atomic E-state index is 13.3. The predicted molar refractivity (Wildman–Crippen MR) is 90.7 cm³/mol. The normalized spacial score (nSPS) is 19.2. The number of fused-ring (bicyclic) bond motifs is 1. The number of sulfonamides is 2. The van der Waals surface area contributed by atoms with Gasteiger partial charge in [-0.2, -0.15) is 17.9 Å². The van der Waals surface area contributed by atoms with Crippen LogP contribution in [-0.4, -0.2) is 16.8 Å². The van der Waals surface area contributed by atoms with Gasteiger partial charge in [-0.15, -0.1) is 0 Å². The Labute approximate surface area is 153 Å². The fourth-order valence-electron chi connectivity index (χ4n) is 2.67. The minimum absolute atomic E-state index is 0.376. The number of halogens is 3. The molecular weight excluding hydrogens is 407 g/mol. The molecule has 1 atom stereocenters. The summed E-state index contributed by atoms with van der Waals surface area (Å²) in [5.74, 6) is 0.